The smallest absolute Gasteiger partial charge is 0.117 e. The highest BCUT2D eigenvalue weighted by Gasteiger charge is 2.44. The van der Waals surface area contributed by atoms with Gasteiger partial charge in [-0.2, -0.15) is 0 Å². The van der Waals surface area contributed by atoms with Crippen LogP contribution in [-0.2, 0) is 9.13 Å². The number of rotatable bonds is 11. The summed E-state index contributed by atoms with van der Waals surface area (Å²) in [6, 6.07) is 0. The molecule has 0 bridgehead atoms. The average molecular weight is 323 g/mol. The maximum Gasteiger partial charge on any atom is 0.117 e. The normalized spacial score (nSPS) is 13.4. The predicted molar refractivity (Wildman–Crippen MR) is 93.3 cm³/mol. The number of hydrogen-bond acceptors (Lipinski definition) is 3. The van der Waals surface area contributed by atoms with Crippen LogP contribution < -0.4 is 0 Å². The van der Waals surface area contributed by atoms with Crippen molar-refractivity contribution in [3.05, 3.63) is 0 Å². The Morgan fingerprint density at radius 1 is 0.700 bits per heavy atom. The van der Waals surface area contributed by atoms with Crippen LogP contribution in [0.15, 0.2) is 0 Å². The van der Waals surface area contributed by atoms with Crippen LogP contribution in [0.5, 0.6) is 0 Å². The molecule has 0 fully saturated rings. The van der Waals surface area contributed by atoms with Gasteiger partial charge in [-0.1, -0.05) is 27.7 Å². The SMILES string of the molecule is CCCP(=O)(CCC)C(N(C)C)P(=O)(CCC)CCC. The number of hydrogen-bond donors (Lipinski definition) is 0. The van der Waals surface area contributed by atoms with Gasteiger partial charge in [-0.3, -0.25) is 4.90 Å². The van der Waals surface area contributed by atoms with Crippen LogP contribution in [0.4, 0.5) is 0 Å². The Hall–Kier alpha value is 0.420. The fraction of sp³-hybridized carbons (Fsp3) is 1.00. The van der Waals surface area contributed by atoms with Gasteiger partial charge >= 0.3 is 0 Å². The van der Waals surface area contributed by atoms with E-state index >= 15 is 0 Å². The monoisotopic (exact) mass is 323 g/mol. The molecular formula is C15H35NO2P2. The summed E-state index contributed by atoms with van der Waals surface area (Å²) in [7, 11) is -0.890. The average Bonchev–Trinajstić information content (AvgIpc) is 2.28. The highest BCUT2D eigenvalue weighted by Crippen LogP contribution is 2.69. The molecule has 5 heteroatoms. The molecule has 0 unspecified atom stereocenters. The summed E-state index contributed by atoms with van der Waals surface area (Å²) in [4.78, 5) is 2.01. The van der Waals surface area contributed by atoms with Gasteiger partial charge in [-0.05, 0) is 39.8 Å². The third kappa shape index (κ3) is 5.32. The molecule has 0 rings (SSSR count). The van der Waals surface area contributed by atoms with Crippen molar-refractivity contribution in [1.82, 2.24) is 4.90 Å². The van der Waals surface area contributed by atoms with Crippen LogP contribution in [0, 0.1) is 0 Å². The van der Waals surface area contributed by atoms with Crippen LogP contribution in [0.2, 0.25) is 0 Å². The summed E-state index contributed by atoms with van der Waals surface area (Å²) in [6.45, 7) is 8.33. The first-order valence-electron chi connectivity index (χ1n) is 8.13. The van der Waals surface area contributed by atoms with Crippen molar-refractivity contribution >= 4 is 14.3 Å². The van der Waals surface area contributed by atoms with Gasteiger partial charge in [0.2, 0.25) is 0 Å². The predicted octanol–water partition coefficient (Wildman–Crippen LogP) is 5.20. The van der Waals surface area contributed by atoms with E-state index in [0.29, 0.717) is 0 Å². The van der Waals surface area contributed by atoms with Gasteiger partial charge < -0.3 is 9.13 Å². The van der Waals surface area contributed by atoms with E-state index in [0.717, 1.165) is 50.3 Å². The Bertz CT molecular complexity index is 306. The van der Waals surface area contributed by atoms with E-state index < -0.39 is 14.3 Å². The highest BCUT2D eigenvalue weighted by atomic mass is 31.2. The quantitative estimate of drug-likeness (QED) is 0.491. The van der Waals surface area contributed by atoms with Gasteiger partial charge in [0, 0.05) is 24.6 Å². The Balaban J connectivity index is 5.67. The second-order valence-corrected chi connectivity index (χ2v) is 13.1. The summed E-state index contributed by atoms with van der Waals surface area (Å²) in [5, 5.41) is 0. The van der Waals surface area contributed by atoms with Gasteiger partial charge in [0.25, 0.3) is 0 Å². The lowest BCUT2D eigenvalue weighted by Gasteiger charge is -2.38. The molecule has 0 amide bonds. The van der Waals surface area contributed by atoms with E-state index in [1.165, 1.54) is 0 Å². The largest absolute Gasteiger partial charge is 0.321 e. The van der Waals surface area contributed by atoms with Crippen molar-refractivity contribution in [2.24, 2.45) is 0 Å². The van der Waals surface area contributed by atoms with Gasteiger partial charge in [-0.15, -0.1) is 0 Å². The van der Waals surface area contributed by atoms with Crippen LogP contribution >= 0.6 is 14.3 Å². The summed E-state index contributed by atoms with van der Waals surface area (Å²) < 4.78 is 27.1. The Morgan fingerprint density at radius 2 is 0.950 bits per heavy atom. The molecule has 0 saturated heterocycles. The van der Waals surface area contributed by atoms with Gasteiger partial charge in [0.1, 0.15) is 19.8 Å². The molecule has 0 radical (unpaired) electrons. The van der Waals surface area contributed by atoms with Crippen molar-refractivity contribution < 1.29 is 9.13 Å². The molecule has 0 aromatic rings. The molecule has 0 atom stereocenters. The second kappa shape index (κ2) is 9.44. The van der Waals surface area contributed by atoms with Crippen molar-refractivity contribution in [2.45, 2.75) is 58.9 Å². The standard InChI is InChI=1S/C15H35NO2P2/c1-7-11-19(17,12-8-2)15(16(5)6)20(18,13-9-3)14-10-4/h15H,7-14H2,1-6H3. The minimum Gasteiger partial charge on any atom is -0.321 e. The third-order valence-corrected chi connectivity index (χ3v) is 13.7. The highest BCUT2D eigenvalue weighted by molar-refractivity contribution is 7.81. The minimum atomic E-state index is -2.40. The lowest BCUT2D eigenvalue weighted by Crippen LogP contribution is -2.32. The molecule has 0 aliphatic heterocycles. The molecule has 0 heterocycles. The van der Waals surface area contributed by atoms with E-state index in [-0.39, 0.29) is 5.52 Å². The fourth-order valence-electron chi connectivity index (χ4n) is 3.42. The van der Waals surface area contributed by atoms with E-state index in [4.69, 9.17) is 0 Å². The summed E-state index contributed by atoms with van der Waals surface area (Å²) >= 11 is 0. The first-order chi connectivity index (χ1) is 9.31. The maximum atomic E-state index is 13.5. The molecule has 0 aromatic carbocycles. The maximum absolute atomic E-state index is 13.5. The molecule has 0 aliphatic carbocycles. The molecule has 0 saturated carbocycles. The van der Waals surface area contributed by atoms with Crippen molar-refractivity contribution in [3.8, 4) is 0 Å². The Morgan fingerprint density at radius 3 is 1.10 bits per heavy atom. The molecule has 0 N–H and O–H groups in total. The molecule has 122 valence electrons. The summed E-state index contributed by atoms with van der Waals surface area (Å²) in [5.74, 6) is 0. The summed E-state index contributed by atoms with van der Waals surface area (Å²) in [6.07, 6.45) is 6.61. The topological polar surface area (TPSA) is 37.4 Å². The summed E-state index contributed by atoms with van der Waals surface area (Å²) in [5.41, 5.74) is -0.199. The van der Waals surface area contributed by atoms with E-state index in [1.54, 1.807) is 0 Å². The second-order valence-electron chi connectivity index (χ2n) is 6.11. The molecule has 0 aliphatic rings. The zero-order valence-electron chi connectivity index (χ0n) is 14.4. The number of nitrogens with zero attached hydrogens (tertiary/aromatic N) is 1. The molecular weight excluding hydrogens is 288 g/mol. The fourth-order valence-corrected chi connectivity index (χ4v) is 14.0. The van der Waals surface area contributed by atoms with E-state index in [2.05, 4.69) is 27.7 Å². The lowest BCUT2D eigenvalue weighted by atomic mass is 10.6. The van der Waals surface area contributed by atoms with E-state index in [1.807, 2.05) is 19.0 Å². The zero-order chi connectivity index (χ0) is 15.8. The minimum absolute atomic E-state index is 0.199. The lowest BCUT2D eigenvalue weighted by molar-refractivity contribution is 0.414. The van der Waals surface area contributed by atoms with Crippen LogP contribution in [0.3, 0.4) is 0 Å². The van der Waals surface area contributed by atoms with Gasteiger partial charge in [0.05, 0.1) is 0 Å². The first kappa shape index (κ1) is 20.4. The molecule has 0 aromatic heterocycles. The molecule has 3 nitrogen and oxygen atoms in total. The Kier molecular flexibility index (Phi) is 9.64. The zero-order valence-corrected chi connectivity index (χ0v) is 16.2. The van der Waals surface area contributed by atoms with Crippen molar-refractivity contribution in [3.63, 3.8) is 0 Å². The Labute approximate surface area is 126 Å². The third-order valence-electron chi connectivity index (χ3n) is 3.71. The first-order valence-corrected chi connectivity index (χ1v) is 12.4. The van der Waals surface area contributed by atoms with Crippen molar-refractivity contribution in [2.75, 3.05) is 38.7 Å². The molecule has 0 spiro atoms. The van der Waals surface area contributed by atoms with Crippen LogP contribution in [-0.4, -0.2) is 49.2 Å². The molecule has 20 heavy (non-hydrogen) atoms. The van der Waals surface area contributed by atoms with Crippen LogP contribution in [0.1, 0.15) is 53.4 Å². The van der Waals surface area contributed by atoms with Crippen LogP contribution in [0.25, 0.3) is 0 Å². The van der Waals surface area contributed by atoms with Gasteiger partial charge in [-0.25, -0.2) is 0 Å². The van der Waals surface area contributed by atoms with Gasteiger partial charge in [0.15, 0.2) is 0 Å². The van der Waals surface area contributed by atoms with Crippen molar-refractivity contribution in [1.29, 1.82) is 0 Å². The van der Waals surface area contributed by atoms with E-state index in [9.17, 15) is 9.13 Å².